The van der Waals surface area contributed by atoms with Crippen LogP contribution in [0.15, 0.2) is 23.1 Å². The van der Waals surface area contributed by atoms with E-state index in [-0.39, 0.29) is 0 Å². The zero-order valence-electron chi connectivity index (χ0n) is 10.4. The van der Waals surface area contributed by atoms with Crippen molar-refractivity contribution in [1.29, 1.82) is 0 Å². The quantitative estimate of drug-likeness (QED) is 0.815. The van der Waals surface area contributed by atoms with Gasteiger partial charge in [-0.15, -0.1) is 0 Å². The second-order valence-electron chi connectivity index (χ2n) is 4.34. The van der Waals surface area contributed by atoms with Crippen LogP contribution in [0.4, 0.5) is 18.9 Å². The first kappa shape index (κ1) is 16.3. The molecule has 0 aromatic heterocycles. The largest absolute Gasteiger partial charge is 0.416 e. The summed E-state index contributed by atoms with van der Waals surface area (Å²) >= 11 is 0. The van der Waals surface area contributed by atoms with Crippen molar-refractivity contribution in [2.24, 2.45) is 11.7 Å². The minimum Gasteiger partial charge on any atom is -0.398 e. The van der Waals surface area contributed by atoms with E-state index in [4.69, 9.17) is 11.5 Å². The summed E-state index contributed by atoms with van der Waals surface area (Å²) in [6, 6.07) is 1.95. The fourth-order valence-corrected chi connectivity index (χ4v) is 3.20. The number of alkyl halides is 3. The fourth-order valence-electron chi connectivity index (χ4n) is 1.51. The van der Waals surface area contributed by atoms with Crippen molar-refractivity contribution in [2.75, 3.05) is 11.5 Å². The second kappa shape index (κ2) is 5.31. The number of carbonyl (C=O) groups excluding carboxylic acids is 1. The van der Waals surface area contributed by atoms with Crippen LogP contribution in [0, 0.1) is 5.92 Å². The molecule has 0 bridgehead atoms. The van der Waals surface area contributed by atoms with Crippen molar-refractivity contribution in [2.45, 2.75) is 18.0 Å². The molecule has 0 saturated heterocycles. The molecular formula is C11H13F3N2O3S. The number of hydrogen-bond donors (Lipinski definition) is 2. The summed E-state index contributed by atoms with van der Waals surface area (Å²) in [5.41, 5.74) is 8.76. The highest BCUT2D eigenvalue weighted by atomic mass is 32.2. The number of nitrogens with two attached hydrogens (primary N) is 2. The maximum atomic E-state index is 12.4. The van der Waals surface area contributed by atoms with Gasteiger partial charge in [-0.25, -0.2) is 8.42 Å². The molecule has 20 heavy (non-hydrogen) atoms. The maximum absolute atomic E-state index is 12.4. The molecule has 1 aromatic carbocycles. The Kier molecular flexibility index (Phi) is 4.33. The van der Waals surface area contributed by atoms with Gasteiger partial charge in [-0.1, -0.05) is 6.92 Å². The van der Waals surface area contributed by atoms with Crippen LogP contribution in [0.1, 0.15) is 12.5 Å². The van der Waals surface area contributed by atoms with Gasteiger partial charge in [0.1, 0.15) is 0 Å². The molecule has 112 valence electrons. The summed E-state index contributed by atoms with van der Waals surface area (Å²) < 4.78 is 61.3. The normalized spacial score (nSPS) is 14.0. The molecule has 4 N–H and O–H groups in total. The van der Waals surface area contributed by atoms with Gasteiger partial charge in [-0.2, -0.15) is 13.2 Å². The van der Waals surface area contributed by atoms with E-state index in [9.17, 15) is 26.4 Å². The zero-order valence-corrected chi connectivity index (χ0v) is 11.3. The van der Waals surface area contributed by atoms with Gasteiger partial charge < -0.3 is 11.5 Å². The number of benzene rings is 1. The molecule has 5 nitrogen and oxygen atoms in total. The molecule has 1 unspecified atom stereocenters. The van der Waals surface area contributed by atoms with Crippen molar-refractivity contribution in [3.05, 3.63) is 23.8 Å². The number of sulfone groups is 1. The second-order valence-corrected chi connectivity index (χ2v) is 6.34. The van der Waals surface area contributed by atoms with E-state index >= 15 is 0 Å². The Balaban J connectivity index is 3.18. The summed E-state index contributed by atoms with van der Waals surface area (Å²) in [4.78, 5) is 10.4. The van der Waals surface area contributed by atoms with E-state index in [2.05, 4.69) is 0 Å². The van der Waals surface area contributed by atoms with E-state index in [1.165, 1.54) is 6.92 Å². The van der Waals surface area contributed by atoms with Crippen LogP contribution in [0.3, 0.4) is 0 Å². The van der Waals surface area contributed by atoms with Crippen LogP contribution in [0.5, 0.6) is 0 Å². The Hall–Kier alpha value is -1.77. The van der Waals surface area contributed by atoms with Gasteiger partial charge in [0.05, 0.1) is 21.9 Å². The Labute approximate surface area is 113 Å². The van der Waals surface area contributed by atoms with E-state index in [0.717, 1.165) is 6.07 Å². The monoisotopic (exact) mass is 310 g/mol. The highest BCUT2D eigenvalue weighted by molar-refractivity contribution is 7.91. The number of primary amides is 1. The Morgan fingerprint density at radius 3 is 2.30 bits per heavy atom. The van der Waals surface area contributed by atoms with Crippen molar-refractivity contribution in [3.8, 4) is 0 Å². The molecular weight excluding hydrogens is 297 g/mol. The van der Waals surface area contributed by atoms with Gasteiger partial charge in [0.25, 0.3) is 0 Å². The number of rotatable bonds is 4. The highest BCUT2D eigenvalue weighted by Gasteiger charge is 2.32. The van der Waals surface area contributed by atoms with Gasteiger partial charge in [0.15, 0.2) is 9.84 Å². The van der Waals surface area contributed by atoms with Crippen LogP contribution in [-0.4, -0.2) is 20.1 Å². The van der Waals surface area contributed by atoms with Crippen molar-refractivity contribution in [1.82, 2.24) is 0 Å². The van der Waals surface area contributed by atoms with Crippen molar-refractivity contribution in [3.63, 3.8) is 0 Å². The van der Waals surface area contributed by atoms with Crippen LogP contribution >= 0.6 is 0 Å². The van der Waals surface area contributed by atoms with Gasteiger partial charge in [0, 0.05) is 5.92 Å². The number of halogens is 3. The molecule has 0 heterocycles. The highest BCUT2D eigenvalue weighted by Crippen LogP contribution is 2.33. The standard InChI is InChI=1S/C11H13F3N2O3S/c1-6(10(16)17)5-20(18,19)9-3-2-7(4-8(9)15)11(12,13)14/h2-4,6H,5,15H2,1H3,(H2,16,17). The lowest BCUT2D eigenvalue weighted by Gasteiger charge is -2.13. The topological polar surface area (TPSA) is 103 Å². The summed E-state index contributed by atoms with van der Waals surface area (Å²) in [5.74, 6) is -2.40. The van der Waals surface area contributed by atoms with Gasteiger partial charge >= 0.3 is 6.18 Å². The minimum absolute atomic E-state index is 0.446. The smallest absolute Gasteiger partial charge is 0.398 e. The number of amides is 1. The minimum atomic E-state index is -4.61. The summed E-state index contributed by atoms with van der Waals surface area (Å²) in [6.45, 7) is 1.31. The van der Waals surface area contributed by atoms with E-state index in [1.54, 1.807) is 0 Å². The summed E-state index contributed by atoms with van der Waals surface area (Å²) in [7, 11) is -3.99. The molecule has 0 aliphatic heterocycles. The average Bonchev–Trinajstić information content (AvgIpc) is 2.26. The number of anilines is 1. The lowest BCUT2D eigenvalue weighted by Crippen LogP contribution is -2.27. The van der Waals surface area contributed by atoms with Crippen LogP contribution < -0.4 is 11.5 Å². The number of hydrogen-bond acceptors (Lipinski definition) is 4. The number of carbonyl (C=O) groups is 1. The third-order valence-corrected chi connectivity index (χ3v) is 4.61. The first-order chi connectivity index (χ1) is 8.95. The summed E-state index contributed by atoms with van der Waals surface area (Å²) in [6.07, 6.45) is -4.61. The Morgan fingerprint density at radius 2 is 1.90 bits per heavy atom. The molecule has 0 saturated carbocycles. The Bertz CT molecular complexity index is 626. The van der Waals surface area contributed by atoms with E-state index in [0.29, 0.717) is 12.1 Å². The molecule has 0 radical (unpaired) electrons. The third kappa shape index (κ3) is 3.62. The lowest BCUT2D eigenvalue weighted by molar-refractivity contribution is -0.137. The predicted octanol–water partition coefficient (Wildman–Crippen LogP) is 1.18. The molecule has 1 aromatic rings. The number of nitrogen functional groups attached to an aromatic ring is 1. The molecule has 0 aliphatic carbocycles. The molecule has 9 heteroatoms. The first-order valence-electron chi connectivity index (χ1n) is 5.44. The molecule has 0 spiro atoms. The molecule has 1 amide bonds. The van der Waals surface area contributed by atoms with Crippen LogP contribution in [0.2, 0.25) is 0 Å². The summed E-state index contributed by atoms with van der Waals surface area (Å²) in [5, 5.41) is 0. The third-order valence-electron chi connectivity index (χ3n) is 2.63. The van der Waals surface area contributed by atoms with Crippen molar-refractivity contribution < 1.29 is 26.4 Å². The van der Waals surface area contributed by atoms with Gasteiger partial charge in [-0.05, 0) is 18.2 Å². The Morgan fingerprint density at radius 1 is 1.35 bits per heavy atom. The molecule has 0 aliphatic rings. The van der Waals surface area contributed by atoms with Crippen LogP contribution in [0.25, 0.3) is 0 Å². The fraction of sp³-hybridized carbons (Fsp3) is 0.364. The van der Waals surface area contributed by atoms with E-state index in [1.807, 2.05) is 0 Å². The van der Waals surface area contributed by atoms with E-state index < -0.39 is 49.7 Å². The predicted molar refractivity (Wildman–Crippen MR) is 66.3 cm³/mol. The first-order valence-corrected chi connectivity index (χ1v) is 7.09. The molecule has 1 rings (SSSR count). The van der Waals surface area contributed by atoms with Crippen LogP contribution in [-0.2, 0) is 20.8 Å². The van der Waals surface area contributed by atoms with Crippen molar-refractivity contribution >= 4 is 21.4 Å². The zero-order chi connectivity index (χ0) is 15.7. The molecule has 1 atom stereocenters. The van der Waals surface area contributed by atoms with Gasteiger partial charge in [0.2, 0.25) is 5.91 Å². The molecule has 0 fully saturated rings. The SMILES string of the molecule is CC(CS(=O)(=O)c1ccc(C(F)(F)F)cc1N)C(N)=O. The lowest BCUT2D eigenvalue weighted by atomic mass is 10.2. The maximum Gasteiger partial charge on any atom is 0.416 e. The average molecular weight is 310 g/mol. The van der Waals surface area contributed by atoms with Gasteiger partial charge in [-0.3, -0.25) is 4.79 Å².